The molecule has 0 aliphatic rings. The van der Waals surface area contributed by atoms with E-state index >= 15 is 0 Å². The molecule has 0 fully saturated rings. The second kappa shape index (κ2) is 7.44. The van der Waals surface area contributed by atoms with Gasteiger partial charge in [-0.3, -0.25) is 4.79 Å². The minimum absolute atomic E-state index is 0.461. The van der Waals surface area contributed by atoms with E-state index in [1.54, 1.807) is 11.8 Å². The molecule has 0 spiro atoms. The van der Waals surface area contributed by atoms with E-state index in [4.69, 9.17) is 5.11 Å². The summed E-state index contributed by atoms with van der Waals surface area (Å²) >= 11 is 1.67. The first-order chi connectivity index (χ1) is 8.56. The predicted octanol–water partition coefficient (Wildman–Crippen LogP) is 2.60. The van der Waals surface area contributed by atoms with Gasteiger partial charge in [0.05, 0.1) is 0 Å². The minimum Gasteiger partial charge on any atom is -0.480 e. The first-order valence-electron chi connectivity index (χ1n) is 6.06. The van der Waals surface area contributed by atoms with Crippen LogP contribution in [0.5, 0.6) is 0 Å². The van der Waals surface area contributed by atoms with Gasteiger partial charge in [-0.25, -0.2) is 0 Å². The summed E-state index contributed by atoms with van der Waals surface area (Å²) in [5.41, 5.74) is 3.65. The van der Waals surface area contributed by atoms with Crippen LogP contribution in [0, 0.1) is 13.8 Å². The molecule has 18 heavy (non-hydrogen) atoms. The third-order valence-electron chi connectivity index (χ3n) is 3.16. The van der Waals surface area contributed by atoms with E-state index in [-0.39, 0.29) is 0 Å². The molecular weight excluding hydrogens is 246 g/mol. The number of nitrogens with one attached hydrogen (secondary N) is 1. The molecule has 1 aromatic carbocycles. The van der Waals surface area contributed by atoms with Gasteiger partial charge in [-0.05, 0) is 49.0 Å². The number of carboxylic acid groups (broad SMARTS) is 1. The molecule has 0 aliphatic carbocycles. The molecule has 1 atom stereocenters. The van der Waals surface area contributed by atoms with Gasteiger partial charge in [-0.15, -0.1) is 0 Å². The summed E-state index contributed by atoms with van der Waals surface area (Å²) in [5, 5.41) is 12.3. The van der Waals surface area contributed by atoms with Crippen molar-refractivity contribution in [2.45, 2.75) is 32.9 Å². The van der Waals surface area contributed by atoms with E-state index < -0.39 is 12.0 Å². The van der Waals surface area contributed by atoms with Crippen molar-refractivity contribution in [3.63, 3.8) is 0 Å². The molecule has 1 rings (SSSR count). The predicted molar refractivity (Wildman–Crippen MR) is 77.2 cm³/mol. The Morgan fingerprint density at radius 2 is 2.17 bits per heavy atom. The molecule has 0 amide bonds. The topological polar surface area (TPSA) is 49.3 Å². The quantitative estimate of drug-likeness (QED) is 0.797. The molecule has 0 heterocycles. The van der Waals surface area contributed by atoms with E-state index in [1.165, 1.54) is 16.7 Å². The summed E-state index contributed by atoms with van der Waals surface area (Å²) in [6.07, 6.45) is 2.64. The fraction of sp³-hybridized carbons (Fsp3) is 0.500. The van der Waals surface area contributed by atoms with E-state index in [0.29, 0.717) is 13.0 Å². The van der Waals surface area contributed by atoms with Gasteiger partial charge in [0.15, 0.2) is 0 Å². The summed E-state index contributed by atoms with van der Waals surface area (Å²) < 4.78 is 0. The number of hydrogen-bond donors (Lipinski definition) is 2. The van der Waals surface area contributed by atoms with Gasteiger partial charge in [0, 0.05) is 6.54 Å². The molecule has 4 heteroatoms. The fourth-order valence-corrected chi connectivity index (χ4v) is 2.26. The maximum absolute atomic E-state index is 11.1. The highest BCUT2D eigenvalue weighted by atomic mass is 32.2. The number of hydrogen-bond acceptors (Lipinski definition) is 3. The molecule has 0 saturated heterocycles. The van der Waals surface area contributed by atoms with Crippen LogP contribution in [-0.2, 0) is 11.3 Å². The standard InChI is InChI=1S/C14H21NO2S/c1-10-5-4-6-12(11(10)2)9-15-13(14(16)17)7-8-18-3/h4-6,13,15H,7-9H2,1-3H3,(H,16,17)/t13-/m1/s1. The molecule has 0 aliphatic heterocycles. The normalized spacial score (nSPS) is 12.4. The van der Waals surface area contributed by atoms with Crippen molar-refractivity contribution in [1.29, 1.82) is 0 Å². The largest absolute Gasteiger partial charge is 0.480 e. The van der Waals surface area contributed by atoms with Crippen LogP contribution < -0.4 is 5.32 Å². The van der Waals surface area contributed by atoms with Crippen LogP contribution in [0.2, 0.25) is 0 Å². The van der Waals surface area contributed by atoms with Crippen LogP contribution >= 0.6 is 11.8 Å². The first kappa shape index (κ1) is 15.1. The number of thioether (sulfide) groups is 1. The summed E-state index contributed by atoms with van der Waals surface area (Å²) in [6, 6.07) is 5.67. The third-order valence-corrected chi connectivity index (χ3v) is 3.81. The number of carbonyl (C=O) groups is 1. The zero-order valence-corrected chi connectivity index (χ0v) is 12.0. The lowest BCUT2D eigenvalue weighted by Gasteiger charge is -2.15. The van der Waals surface area contributed by atoms with Crippen molar-refractivity contribution >= 4 is 17.7 Å². The maximum Gasteiger partial charge on any atom is 0.320 e. The fourth-order valence-electron chi connectivity index (χ4n) is 1.79. The van der Waals surface area contributed by atoms with Crippen LogP contribution in [0.15, 0.2) is 18.2 Å². The molecule has 0 unspecified atom stereocenters. The van der Waals surface area contributed by atoms with Crippen molar-refractivity contribution in [1.82, 2.24) is 5.32 Å². The average molecular weight is 267 g/mol. The molecule has 1 aromatic rings. The Kier molecular flexibility index (Phi) is 6.22. The van der Waals surface area contributed by atoms with Gasteiger partial charge in [0.1, 0.15) is 6.04 Å². The van der Waals surface area contributed by atoms with Gasteiger partial charge in [-0.2, -0.15) is 11.8 Å². The van der Waals surface area contributed by atoms with Crippen LogP contribution in [0.25, 0.3) is 0 Å². The number of carboxylic acids is 1. The van der Waals surface area contributed by atoms with Crippen molar-refractivity contribution < 1.29 is 9.90 Å². The monoisotopic (exact) mass is 267 g/mol. The van der Waals surface area contributed by atoms with E-state index in [1.807, 2.05) is 18.4 Å². The zero-order valence-electron chi connectivity index (χ0n) is 11.2. The molecule has 2 N–H and O–H groups in total. The summed E-state index contributed by atoms with van der Waals surface area (Å²) in [7, 11) is 0. The van der Waals surface area contributed by atoms with Gasteiger partial charge >= 0.3 is 5.97 Å². The minimum atomic E-state index is -0.769. The number of rotatable bonds is 7. The van der Waals surface area contributed by atoms with E-state index in [2.05, 4.69) is 25.2 Å². The highest BCUT2D eigenvalue weighted by molar-refractivity contribution is 7.98. The molecule has 100 valence electrons. The van der Waals surface area contributed by atoms with Crippen molar-refractivity contribution in [3.8, 4) is 0 Å². The zero-order chi connectivity index (χ0) is 13.5. The lowest BCUT2D eigenvalue weighted by Crippen LogP contribution is -2.36. The Balaban J connectivity index is 2.61. The van der Waals surface area contributed by atoms with Crippen LogP contribution in [0.1, 0.15) is 23.1 Å². The molecule has 3 nitrogen and oxygen atoms in total. The Morgan fingerprint density at radius 3 is 2.78 bits per heavy atom. The summed E-state index contributed by atoms with van der Waals surface area (Å²) in [5.74, 6) is 0.0888. The molecule has 0 aromatic heterocycles. The van der Waals surface area contributed by atoms with Crippen LogP contribution in [0.3, 0.4) is 0 Å². The Labute approximate surface area is 113 Å². The van der Waals surface area contributed by atoms with Gasteiger partial charge in [-0.1, -0.05) is 18.2 Å². The highest BCUT2D eigenvalue weighted by Crippen LogP contribution is 2.13. The van der Waals surface area contributed by atoms with Gasteiger partial charge < -0.3 is 10.4 Å². The van der Waals surface area contributed by atoms with Crippen molar-refractivity contribution in [3.05, 3.63) is 34.9 Å². The Bertz CT molecular complexity index is 407. The van der Waals surface area contributed by atoms with Gasteiger partial charge in [0.25, 0.3) is 0 Å². The second-order valence-electron chi connectivity index (χ2n) is 4.41. The second-order valence-corrected chi connectivity index (χ2v) is 5.40. The van der Waals surface area contributed by atoms with Gasteiger partial charge in [0.2, 0.25) is 0 Å². The summed E-state index contributed by atoms with van der Waals surface area (Å²) in [6.45, 7) is 4.75. The maximum atomic E-state index is 11.1. The smallest absolute Gasteiger partial charge is 0.320 e. The Hall–Kier alpha value is -1.00. The van der Waals surface area contributed by atoms with E-state index in [0.717, 1.165) is 5.75 Å². The lowest BCUT2D eigenvalue weighted by atomic mass is 10.0. The van der Waals surface area contributed by atoms with Crippen molar-refractivity contribution in [2.75, 3.05) is 12.0 Å². The number of aryl methyl sites for hydroxylation is 1. The van der Waals surface area contributed by atoms with Crippen LogP contribution in [-0.4, -0.2) is 29.1 Å². The number of benzene rings is 1. The molecule has 0 bridgehead atoms. The first-order valence-corrected chi connectivity index (χ1v) is 7.46. The average Bonchev–Trinajstić information content (AvgIpc) is 2.33. The Morgan fingerprint density at radius 1 is 1.44 bits per heavy atom. The third kappa shape index (κ3) is 4.35. The van der Waals surface area contributed by atoms with Crippen LogP contribution in [0.4, 0.5) is 0 Å². The van der Waals surface area contributed by atoms with E-state index in [9.17, 15) is 4.79 Å². The summed E-state index contributed by atoms with van der Waals surface area (Å²) in [4.78, 5) is 11.1. The van der Waals surface area contributed by atoms with Crippen molar-refractivity contribution in [2.24, 2.45) is 0 Å². The SMILES string of the molecule is CSCC[C@@H](NCc1cccc(C)c1C)C(=O)O. The lowest BCUT2D eigenvalue weighted by molar-refractivity contribution is -0.139. The molecule has 0 saturated carbocycles. The highest BCUT2D eigenvalue weighted by Gasteiger charge is 2.16. The molecule has 0 radical (unpaired) electrons. The number of aliphatic carboxylic acids is 1. The molecular formula is C14H21NO2S.